The predicted octanol–water partition coefficient (Wildman–Crippen LogP) is 7.30. The topological polar surface area (TPSA) is 108 Å². The average molecular weight is 611 g/mol. The van der Waals surface area contributed by atoms with Crippen LogP contribution in [0.15, 0.2) is 48.5 Å². The lowest BCUT2D eigenvalue weighted by atomic mass is 10.1. The number of benzene rings is 3. The van der Waals surface area contributed by atoms with Gasteiger partial charge in [0, 0.05) is 24.3 Å². The van der Waals surface area contributed by atoms with Crippen LogP contribution in [0.3, 0.4) is 0 Å². The quantitative estimate of drug-likeness (QED) is 0.108. The van der Waals surface area contributed by atoms with Crippen molar-refractivity contribution in [1.29, 1.82) is 0 Å². The first-order chi connectivity index (χ1) is 21.4. The summed E-state index contributed by atoms with van der Waals surface area (Å²) in [5.41, 5.74) is 0.309. The maximum Gasteiger partial charge on any atom is 0.351 e. The molecule has 0 radical (unpaired) electrons. The summed E-state index contributed by atoms with van der Waals surface area (Å²) in [6, 6.07) is 12.6. The molecule has 0 unspecified atom stereocenters. The summed E-state index contributed by atoms with van der Waals surface area (Å²) in [6.45, 7) is 9.44. The number of rotatable bonds is 18. The smallest absolute Gasteiger partial charge is 0.351 e. The number of methoxy groups -OCH3 is 2. The van der Waals surface area contributed by atoms with E-state index >= 15 is 0 Å². The van der Waals surface area contributed by atoms with Gasteiger partial charge in [-0.1, -0.05) is 27.7 Å². The standard InChI is InChI=1S/C34H42O10/c1-7-15-39-27-19-25(37-5)20-28(40-16-8-2)31(27)33(35)43-23-11-13-24(14-12-23)44-34(36)32-29(41-17-9-3)21-26(38-6)22-30(32)42-18-10-4/h11-14,19-22H,7-10,15-18H2,1-6H3. The summed E-state index contributed by atoms with van der Waals surface area (Å²) in [7, 11) is 3.06. The zero-order valence-electron chi connectivity index (χ0n) is 26.4. The van der Waals surface area contributed by atoms with E-state index in [0.717, 1.165) is 25.7 Å². The maximum atomic E-state index is 13.4. The molecular formula is C34H42O10. The van der Waals surface area contributed by atoms with E-state index in [1.54, 1.807) is 24.3 Å². The molecule has 0 fully saturated rings. The van der Waals surface area contributed by atoms with E-state index in [0.29, 0.717) is 60.9 Å². The number of ether oxygens (including phenoxy) is 8. The molecule has 3 aromatic carbocycles. The third-order valence-electron chi connectivity index (χ3n) is 6.05. The molecule has 3 rings (SSSR count). The van der Waals surface area contributed by atoms with Crippen LogP contribution < -0.4 is 37.9 Å². The monoisotopic (exact) mass is 610 g/mol. The van der Waals surface area contributed by atoms with Gasteiger partial charge in [-0.25, -0.2) is 9.59 Å². The molecule has 44 heavy (non-hydrogen) atoms. The number of carbonyl (C=O) groups is 2. The number of hydrogen-bond donors (Lipinski definition) is 0. The summed E-state index contributed by atoms with van der Waals surface area (Å²) in [5.74, 6) is 1.33. The average Bonchev–Trinajstić information content (AvgIpc) is 3.04. The van der Waals surface area contributed by atoms with Crippen LogP contribution in [-0.4, -0.2) is 52.6 Å². The van der Waals surface area contributed by atoms with Crippen molar-refractivity contribution in [2.75, 3.05) is 40.6 Å². The Hall–Kier alpha value is -4.60. The van der Waals surface area contributed by atoms with Gasteiger partial charge in [0.15, 0.2) is 0 Å². The van der Waals surface area contributed by atoms with E-state index in [2.05, 4.69) is 0 Å². The Labute approximate surface area is 259 Å². The van der Waals surface area contributed by atoms with E-state index in [-0.39, 0.29) is 22.6 Å². The van der Waals surface area contributed by atoms with Crippen LogP contribution >= 0.6 is 0 Å². The first-order valence-electron chi connectivity index (χ1n) is 14.9. The molecule has 0 aliphatic rings. The van der Waals surface area contributed by atoms with Crippen LogP contribution in [0.25, 0.3) is 0 Å². The molecule has 0 atom stereocenters. The van der Waals surface area contributed by atoms with Gasteiger partial charge in [-0.3, -0.25) is 0 Å². The van der Waals surface area contributed by atoms with Crippen molar-refractivity contribution in [1.82, 2.24) is 0 Å². The molecule has 10 nitrogen and oxygen atoms in total. The molecular weight excluding hydrogens is 568 g/mol. The van der Waals surface area contributed by atoms with Gasteiger partial charge in [0.1, 0.15) is 57.1 Å². The fourth-order valence-corrected chi connectivity index (χ4v) is 3.97. The lowest BCUT2D eigenvalue weighted by molar-refractivity contribution is 0.0708. The minimum atomic E-state index is -0.664. The zero-order valence-corrected chi connectivity index (χ0v) is 26.4. The highest BCUT2D eigenvalue weighted by molar-refractivity contribution is 5.98. The van der Waals surface area contributed by atoms with Crippen molar-refractivity contribution in [3.8, 4) is 46.0 Å². The summed E-state index contributed by atoms with van der Waals surface area (Å²) in [6.07, 6.45) is 2.97. The van der Waals surface area contributed by atoms with Crippen LogP contribution in [-0.2, 0) is 0 Å². The van der Waals surface area contributed by atoms with Gasteiger partial charge in [0.05, 0.1) is 40.6 Å². The minimum Gasteiger partial charge on any atom is -0.496 e. The Balaban J connectivity index is 1.85. The summed E-state index contributed by atoms with van der Waals surface area (Å²) >= 11 is 0. The highest BCUT2D eigenvalue weighted by Gasteiger charge is 2.25. The van der Waals surface area contributed by atoms with Crippen molar-refractivity contribution in [2.45, 2.75) is 53.4 Å². The van der Waals surface area contributed by atoms with Gasteiger partial charge >= 0.3 is 11.9 Å². The van der Waals surface area contributed by atoms with Gasteiger partial charge in [-0.05, 0) is 49.9 Å². The molecule has 3 aromatic rings. The molecule has 238 valence electrons. The molecule has 0 aliphatic carbocycles. The van der Waals surface area contributed by atoms with Gasteiger partial charge < -0.3 is 37.9 Å². The highest BCUT2D eigenvalue weighted by atomic mass is 16.6. The second kappa shape index (κ2) is 17.5. The lowest BCUT2D eigenvalue weighted by Crippen LogP contribution is -2.15. The molecule has 0 saturated heterocycles. The molecule has 0 heterocycles. The largest absolute Gasteiger partial charge is 0.496 e. The van der Waals surface area contributed by atoms with E-state index in [1.807, 2.05) is 27.7 Å². The first-order valence-corrected chi connectivity index (χ1v) is 14.9. The third-order valence-corrected chi connectivity index (χ3v) is 6.05. The summed E-state index contributed by atoms with van der Waals surface area (Å²) in [5, 5.41) is 0. The molecule has 0 bridgehead atoms. The summed E-state index contributed by atoms with van der Waals surface area (Å²) in [4.78, 5) is 26.8. The van der Waals surface area contributed by atoms with Crippen LogP contribution in [0.1, 0.15) is 74.1 Å². The summed E-state index contributed by atoms with van der Waals surface area (Å²) < 4.78 is 45.5. The fraction of sp³-hybridized carbons (Fsp3) is 0.412. The SMILES string of the molecule is CCCOc1cc(OC)cc(OCCC)c1C(=O)Oc1ccc(OC(=O)c2c(OCCC)cc(OC)cc2OCCC)cc1. The van der Waals surface area contributed by atoms with Crippen LogP contribution in [0.4, 0.5) is 0 Å². The van der Waals surface area contributed by atoms with Crippen molar-refractivity contribution in [3.05, 3.63) is 59.7 Å². The van der Waals surface area contributed by atoms with E-state index in [1.165, 1.54) is 38.5 Å². The molecule has 0 saturated carbocycles. The Morgan fingerprint density at radius 3 is 0.977 bits per heavy atom. The molecule has 10 heteroatoms. The molecule has 0 aliphatic heterocycles. The van der Waals surface area contributed by atoms with Crippen molar-refractivity contribution in [2.24, 2.45) is 0 Å². The Bertz CT molecular complexity index is 1200. The van der Waals surface area contributed by atoms with Crippen molar-refractivity contribution < 1.29 is 47.5 Å². The maximum absolute atomic E-state index is 13.4. The Kier molecular flexibility index (Phi) is 13.5. The lowest BCUT2D eigenvalue weighted by Gasteiger charge is -2.17. The second-order valence-electron chi connectivity index (χ2n) is 9.64. The second-order valence-corrected chi connectivity index (χ2v) is 9.64. The van der Waals surface area contributed by atoms with Crippen LogP contribution in [0.5, 0.6) is 46.0 Å². The molecule has 0 amide bonds. The number of hydrogen-bond acceptors (Lipinski definition) is 10. The highest BCUT2D eigenvalue weighted by Crippen LogP contribution is 2.37. The fourth-order valence-electron chi connectivity index (χ4n) is 3.97. The van der Waals surface area contributed by atoms with Gasteiger partial charge in [0.25, 0.3) is 0 Å². The van der Waals surface area contributed by atoms with E-state index in [4.69, 9.17) is 37.9 Å². The molecule has 0 spiro atoms. The third kappa shape index (κ3) is 9.20. The van der Waals surface area contributed by atoms with Gasteiger partial charge in [-0.15, -0.1) is 0 Å². The van der Waals surface area contributed by atoms with E-state index in [9.17, 15) is 9.59 Å². The normalized spacial score (nSPS) is 10.5. The Morgan fingerprint density at radius 1 is 0.477 bits per heavy atom. The number of esters is 2. The van der Waals surface area contributed by atoms with Crippen LogP contribution in [0.2, 0.25) is 0 Å². The first kappa shape index (κ1) is 33.9. The van der Waals surface area contributed by atoms with Crippen LogP contribution in [0, 0.1) is 0 Å². The zero-order chi connectivity index (χ0) is 31.9. The minimum absolute atomic E-state index is 0.155. The van der Waals surface area contributed by atoms with Gasteiger partial charge in [0.2, 0.25) is 0 Å². The van der Waals surface area contributed by atoms with Crippen molar-refractivity contribution >= 4 is 11.9 Å². The van der Waals surface area contributed by atoms with E-state index < -0.39 is 11.9 Å². The predicted molar refractivity (Wildman–Crippen MR) is 165 cm³/mol. The Morgan fingerprint density at radius 2 is 0.750 bits per heavy atom. The number of carbonyl (C=O) groups excluding carboxylic acids is 2. The molecule has 0 aromatic heterocycles. The van der Waals surface area contributed by atoms with Crippen molar-refractivity contribution in [3.63, 3.8) is 0 Å². The van der Waals surface area contributed by atoms with Gasteiger partial charge in [-0.2, -0.15) is 0 Å². The molecule has 0 N–H and O–H groups in total.